The summed E-state index contributed by atoms with van der Waals surface area (Å²) in [6.07, 6.45) is 1.34. The molecule has 0 unspecified atom stereocenters. The molecule has 3 aromatic rings. The molecule has 2 aromatic carbocycles. The van der Waals surface area contributed by atoms with Crippen molar-refractivity contribution in [1.29, 1.82) is 0 Å². The van der Waals surface area contributed by atoms with Crippen molar-refractivity contribution in [3.8, 4) is 0 Å². The quantitative estimate of drug-likeness (QED) is 0.431. The first-order chi connectivity index (χ1) is 14.8. The summed E-state index contributed by atoms with van der Waals surface area (Å²) in [6, 6.07) is 14.5. The predicted octanol–water partition coefficient (Wildman–Crippen LogP) is 2.98. The van der Waals surface area contributed by atoms with E-state index >= 15 is 0 Å². The molecule has 0 atom stereocenters. The summed E-state index contributed by atoms with van der Waals surface area (Å²) in [5, 5.41) is 11.2. The molecule has 1 saturated heterocycles. The van der Waals surface area contributed by atoms with E-state index in [0.717, 1.165) is 22.4 Å². The average Bonchev–Trinajstić information content (AvgIpc) is 3.12. The molecule has 2 heterocycles. The maximum absolute atomic E-state index is 12.4. The van der Waals surface area contributed by atoms with Gasteiger partial charge in [-0.2, -0.15) is 17.0 Å². The summed E-state index contributed by atoms with van der Waals surface area (Å²) in [6.45, 7) is 1.34. The van der Waals surface area contributed by atoms with Crippen LogP contribution in [0.1, 0.15) is 30.1 Å². The van der Waals surface area contributed by atoms with Crippen molar-refractivity contribution in [2.75, 3.05) is 27.2 Å². The van der Waals surface area contributed by atoms with Crippen LogP contribution >= 0.6 is 0 Å². The third kappa shape index (κ3) is 4.18. The van der Waals surface area contributed by atoms with Crippen molar-refractivity contribution >= 4 is 26.9 Å². The molecule has 164 valence electrons. The highest BCUT2D eigenvalue weighted by Gasteiger charge is 2.32. The molecular formula is C21H25N5O4S. The number of fused-ring (bicyclic) bond motifs is 1. The van der Waals surface area contributed by atoms with E-state index in [4.69, 9.17) is 4.98 Å². The number of nitro groups is 1. The van der Waals surface area contributed by atoms with Gasteiger partial charge in [-0.05, 0) is 30.5 Å². The Morgan fingerprint density at radius 2 is 1.84 bits per heavy atom. The Balaban J connectivity index is 1.65. The molecule has 0 saturated carbocycles. The molecule has 1 aliphatic heterocycles. The van der Waals surface area contributed by atoms with E-state index in [2.05, 4.69) is 4.57 Å². The Hall–Kier alpha value is -2.82. The third-order valence-corrected chi connectivity index (χ3v) is 7.69. The van der Waals surface area contributed by atoms with Crippen molar-refractivity contribution in [2.45, 2.75) is 25.3 Å². The molecular weight excluding hydrogens is 418 g/mol. The van der Waals surface area contributed by atoms with Gasteiger partial charge < -0.3 is 4.57 Å². The maximum atomic E-state index is 12.4. The molecule has 9 nitrogen and oxygen atoms in total. The molecule has 0 N–H and O–H groups in total. The normalized spacial score (nSPS) is 16.2. The molecule has 31 heavy (non-hydrogen) atoms. The van der Waals surface area contributed by atoms with Gasteiger partial charge in [0.05, 0.1) is 16.0 Å². The van der Waals surface area contributed by atoms with Gasteiger partial charge in [-0.3, -0.25) is 10.1 Å². The van der Waals surface area contributed by atoms with Gasteiger partial charge in [-0.15, -0.1) is 0 Å². The molecule has 10 heteroatoms. The monoisotopic (exact) mass is 443 g/mol. The maximum Gasteiger partial charge on any atom is 0.281 e. The van der Waals surface area contributed by atoms with Gasteiger partial charge in [0.15, 0.2) is 0 Å². The zero-order valence-corrected chi connectivity index (χ0v) is 18.3. The van der Waals surface area contributed by atoms with E-state index in [1.807, 2.05) is 30.3 Å². The molecule has 1 fully saturated rings. The predicted molar refractivity (Wildman–Crippen MR) is 118 cm³/mol. The summed E-state index contributed by atoms with van der Waals surface area (Å²) >= 11 is 0. The van der Waals surface area contributed by atoms with Gasteiger partial charge in [-0.25, -0.2) is 4.98 Å². The lowest BCUT2D eigenvalue weighted by atomic mass is 9.97. The van der Waals surface area contributed by atoms with E-state index in [-0.39, 0.29) is 11.6 Å². The second-order valence-corrected chi connectivity index (χ2v) is 10.1. The second kappa shape index (κ2) is 8.37. The lowest BCUT2D eigenvalue weighted by molar-refractivity contribution is -0.384. The number of nitro benzene ring substituents is 1. The Morgan fingerprint density at radius 3 is 2.52 bits per heavy atom. The number of non-ortho nitro benzene ring substituents is 1. The van der Waals surface area contributed by atoms with Crippen LogP contribution in [0.2, 0.25) is 0 Å². The molecule has 1 aliphatic rings. The zero-order chi connectivity index (χ0) is 22.2. The number of aromatic nitrogens is 2. The summed E-state index contributed by atoms with van der Waals surface area (Å²) in [5.41, 5.74) is 2.72. The second-order valence-electron chi connectivity index (χ2n) is 7.94. The van der Waals surface area contributed by atoms with Crippen LogP contribution in [-0.4, -0.2) is 58.7 Å². The Morgan fingerprint density at radius 1 is 1.13 bits per heavy atom. The van der Waals surface area contributed by atoms with Crippen molar-refractivity contribution in [3.63, 3.8) is 0 Å². The Bertz CT molecular complexity index is 1210. The molecule has 0 amide bonds. The zero-order valence-electron chi connectivity index (χ0n) is 17.5. The van der Waals surface area contributed by atoms with E-state index in [1.165, 1.54) is 14.7 Å². The fourth-order valence-electron chi connectivity index (χ4n) is 4.10. The lowest BCUT2D eigenvalue weighted by Crippen LogP contribution is -2.44. The number of nitrogens with zero attached hydrogens (tertiary/aromatic N) is 5. The first kappa shape index (κ1) is 21.4. The smallest absolute Gasteiger partial charge is 0.281 e. The number of hydrogen-bond donors (Lipinski definition) is 0. The summed E-state index contributed by atoms with van der Waals surface area (Å²) in [4.78, 5) is 15.6. The first-order valence-electron chi connectivity index (χ1n) is 10.1. The van der Waals surface area contributed by atoms with Gasteiger partial charge >= 0.3 is 0 Å². The Labute approximate surface area is 181 Å². The summed E-state index contributed by atoms with van der Waals surface area (Å²) in [7, 11) is -0.343. The standard InChI is InChI=1S/C21H25N5O4S/c1-23(2)31(29,30)24-12-10-17(11-13-24)21-22-19-8-3-4-9-20(19)25(21)15-16-6-5-7-18(14-16)26(27)28/h3-9,14,17H,10-13,15H2,1-2H3. The third-order valence-electron chi connectivity index (χ3n) is 5.75. The van der Waals surface area contributed by atoms with Gasteiger partial charge in [-0.1, -0.05) is 24.3 Å². The van der Waals surface area contributed by atoms with Crippen LogP contribution in [0, 0.1) is 10.1 Å². The molecule has 0 aliphatic carbocycles. The van der Waals surface area contributed by atoms with Crippen molar-refractivity contribution in [1.82, 2.24) is 18.2 Å². The number of hydrogen-bond acceptors (Lipinski definition) is 5. The largest absolute Gasteiger partial charge is 0.323 e. The van der Waals surface area contributed by atoms with E-state index in [0.29, 0.717) is 32.5 Å². The van der Waals surface area contributed by atoms with Crippen LogP contribution in [0.5, 0.6) is 0 Å². The average molecular weight is 444 g/mol. The van der Waals surface area contributed by atoms with Gasteiger partial charge in [0.1, 0.15) is 5.82 Å². The molecule has 0 radical (unpaired) electrons. The van der Waals surface area contributed by atoms with E-state index < -0.39 is 15.1 Å². The number of rotatable bonds is 6. The highest BCUT2D eigenvalue weighted by atomic mass is 32.2. The minimum Gasteiger partial charge on any atom is -0.323 e. The number of imidazole rings is 1. The molecule has 1 aromatic heterocycles. The molecule has 4 rings (SSSR count). The van der Waals surface area contributed by atoms with Crippen LogP contribution in [-0.2, 0) is 16.8 Å². The van der Waals surface area contributed by atoms with Gasteiger partial charge in [0, 0.05) is 51.8 Å². The van der Waals surface area contributed by atoms with E-state index in [9.17, 15) is 18.5 Å². The van der Waals surface area contributed by atoms with Crippen molar-refractivity contribution < 1.29 is 13.3 Å². The Kier molecular flexibility index (Phi) is 5.78. The summed E-state index contributed by atoms with van der Waals surface area (Å²) in [5.74, 6) is 1.01. The minimum absolute atomic E-state index is 0.0608. The van der Waals surface area contributed by atoms with E-state index in [1.54, 1.807) is 26.2 Å². The van der Waals surface area contributed by atoms with Crippen molar-refractivity contribution in [3.05, 3.63) is 70.0 Å². The van der Waals surface area contributed by atoms with Crippen LogP contribution in [0.15, 0.2) is 48.5 Å². The fourth-order valence-corrected chi connectivity index (χ4v) is 5.23. The highest BCUT2D eigenvalue weighted by molar-refractivity contribution is 7.86. The lowest BCUT2D eigenvalue weighted by Gasteiger charge is -2.32. The topological polar surface area (TPSA) is 102 Å². The number of benzene rings is 2. The van der Waals surface area contributed by atoms with Gasteiger partial charge in [0.25, 0.3) is 15.9 Å². The fraction of sp³-hybridized carbons (Fsp3) is 0.381. The minimum atomic E-state index is -3.43. The molecule has 0 bridgehead atoms. The van der Waals surface area contributed by atoms with Crippen LogP contribution in [0.3, 0.4) is 0 Å². The van der Waals surface area contributed by atoms with Crippen LogP contribution in [0.4, 0.5) is 5.69 Å². The number of para-hydroxylation sites is 2. The SMILES string of the molecule is CN(C)S(=O)(=O)N1CCC(c2nc3ccccc3n2Cc2cccc([N+](=O)[O-])c2)CC1. The first-order valence-corrected chi connectivity index (χ1v) is 11.5. The van der Waals surface area contributed by atoms with Crippen LogP contribution < -0.4 is 0 Å². The van der Waals surface area contributed by atoms with Crippen molar-refractivity contribution in [2.24, 2.45) is 0 Å². The molecule has 0 spiro atoms. The number of piperidine rings is 1. The van der Waals surface area contributed by atoms with Gasteiger partial charge in [0.2, 0.25) is 0 Å². The summed E-state index contributed by atoms with van der Waals surface area (Å²) < 4.78 is 29.7. The van der Waals surface area contributed by atoms with Crippen LogP contribution in [0.25, 0.3) is 11.0 Å². The highest BCUT2D eigenvalue weighted by Crippen LogP contribution is 2.32.